The number of fused-ring (bicyclic) bond motifs is 1. The molecule has 41 heavy (non-hydrogen) atoms. The smallest absolute Gasteiger partial charge is 0.317 e. The van der Waals surface area contributed by atoms with Crippen LogP contribution in [0.25, 0.3) is 0 Å². The van der Waals surface area contributed by atoms with Gasteiger partial charge < -0.3 is 19.7 Å². The van der Waals surface area contributed by atoms with E-state index in [1.54, 1.807) is 4.90 Å². The van der Waals surface area contributed by atoms with Gasteiger partial charge in [-0.1, -0.05) is 43.4 Å². The minimum atomic E-state index is -1.03. The Bertz CT molecular complexity index is 1130. The fraction of sp³-hybridized carbons (Fsp3) is 0.594. The average molecular weight is 583 g/mol. The molecule has 224 valence electrons. The summed E-state index contributed by atoms with van der Waals surface area (Å²) in [6.45, 7) is 10.4. The molecule has 2 atom stereocenters. The molecule has 9 heteroatoms. The van der Waals surface area contributed by atoms with E-state index in [0.29, 0.717) is 32.8 Å². The van der Waals surface area contributed by atoms with Gasteiger partial charge >= 0.3 is 6.03 Å². The van der Waals surface area contributed by atoms with Gasteiger partial charge in [-0.2, -0.15) is 0 Å². The number of carbonyl (C=O) groups excluding carboxylic acids is 1. The molecule has 0 bridgehead atoms. The van der Waals surface area contributed by atoms with Crippen molar-refractivity contribution >= 4 is 17.2 Å². The van der Waals surface area contributed by atoms with E-state index in [0.717, 1.165) is 94.5 Å². The van der Waals surface area contributed by atoms with Gasteiger partial charge in [0, 0.05) is 52.2 Å². The van der Waals surface area contributed by atoms with E-state index in [2.05, 4.69) is 44.8 Å². The number of nitrogens with zero attached hydrogens (tertiary/aromatic N) is 3. The van der Waals surface area contributed by atoms with E-state index < -0.39 is 11.2 Å². The van der Waals surface area contributed by atoms with Crippen molar-refractivity contribution in [1.82, 2.24) is 18.8 Å². The highest BCUT2D eigenvalue weighted by Gasteiger charge is 2.40. The van der Waals surface area contributed by atoms with E-state index in [1.165, 1.54) is 12.0 Å². The third-order valence-corrected chi connectivity index (χ3v) is 10.3. The molecule has 4 heterocycles. The summed E-state index contributed by atoms with van der Waals surface area (Å²) in [6, 6.07) is -0.0514. The molecule has 0 aromatic rings. The van der Waals surface area contributed by atoms with E-state index in [4.69, 9.17) is 9.47 Å². The van der Waals surface area contributed by atoms with Crippen molar-refractivity contribution in [3.05, 3.63) is 71.6 Å². The van der Waals surface area contributed by atoms with Gasteiger partial charge in [-0.3, -0.25) is 0 Å². The zero-order valence-corrected chi connectivity index (χ0v) is 25.2. The molecule has 0 aromatic carbocycles. The number of morpholine rings is 1. The monoisotopic (exact) mass is 582 g/mol. The zero-order valence-electron chi connectivity index (χ0n) is 24.4. The molecule has 0 saturated carbocycles. The number of piperidine rings is 1. The van der Waals surface area contributed by atoms with Crippen LogP contribution in [-0.4, -0.2) is 88.4 Å². The first-order chi connectivity index (χ1) is 20.1. The van der Waals surface area contributed by atoms with Gasteiger partial charge in [0.1, 0.15) is 11.4 Å². The van der Waals surface area contributed by atoms with Crippen molar-refractivity contribution in [1.29, 1.82) is 0 Å². The van der Waals surface area contributed by atoms with Gasteiger partial charge in [0.25, 0.3) is 0 Å². The van der Waals surface area contributed by atoms with Crippen molar-refractivity contribution in [2.75, 3.05) is 59.0 Å². The lowest BCUT2D eigenvalue weighted by molar-refractivity contribution is -0.0277. The second kappa shape index (κ2) is 14.6. The lowest BCUT2D eigenvalue weighted by Gasteiger charge is -2.40. The summed E-state index contributed by atoms with van der Waals surface area (Å²) in [6.07, 6.45) is 23.8. The zero-order chi connectivity index (χ0) is 28.5. The summed E-state index contributed by atoms with van der Waals surface area (Å²) in [5.41, 5.74) is 3.27. The third-order valence-electron chi connectivity index (χ3n) is 8.67. The Morgan fingerprint density at radius 1 is 1.00 bits per heavy atom. The topological polar surface area (TPSA) is 74.4 Å². The molecular weight excluding hydrogens is 536 g/mol. The van der Waals surface area contributed by atoms with Crippen LogP contribution in [0, 0.1) is 0 Å². The van der Waals surface area contributed by atoms with Crippen LogP contribution < -0.4 is 5.32 Å². The predicted molar refractivity (Wildman–Crippen MR) is 164 cm³/mol. The van der Waals surface area contributed by atoms with Gasteiger partial charge in [0.15, 0.2) is 11.2 Å². The van der Waals surface area contributed by atoms with Crippen LogP contribution in [-0.2, 0) is 20.6 Å². The van der Waals surface area contributed by atoms with Crippen molar-refractivity contribution in [2.45, 2.75) is 63.4 Å². The van der Waals surface area contributed by atoms with Gasteiger partial charge in [-0.25, -0.2) is 17.6 Å². The minimum Gasteiger partial charge on any atom is -0.487 e. The molecule has 0 radical (unpaired) electrons. The summed E-state index contributed by atoms with van der Waals surface area (Å²) in [5, 5.41) is 2.98. The highest BCUT2D eigenvalue weighted by molar-refractivity contribution is 7.80. The molecule has 4 fully saturated rings. The van der Waals surface area contributed by atoms with E-state index in [-0.39, 0.29) is 11.6 Å². The molecule has 1 spiro atoms. The van der Waals surface area contributed by atoms with Crippen LogP contribution in [0.3, 0.4) is 0 Å². The molecule has 2 unspecified atom stereocenters. The average Bonchev–Trinajstić information content (AvgIpc) is 3.35. The predicted octanol–water partition coefficient (Wildman–Crippen LogP) is 4.94. The Morgan fingerprint density at radius 3 is 2.59 bits per heavy atom. The molecule has 5 aliphatic rings. The van der Waals surface area contributed by atoms with Gasteiger partial charge in [-0.15, -0.1) is 0 Å². The molecule has 4 saturated heterocycles. The summed E-state index contributed by atoms with van der Waals surface area (Å²) >= 11 is -1.03. The molecule has 2 amide bonds. The summed E-state index contributed by atoms with van der Waals surface area (Å²) in [4.78, 5) is 14.2. The Kier molecular flexibility index (Phi) is 10.7. The van der Waals surface area contributed by atoms with Crippen LogP contribution in [0.15, 0.2) is 71.6 Å². The maximum absolute atomic E-state index is 13.3. The minimum absolute atomic E-state index is 0.0514. The summed E-state index contributed by atoms with van der Waals surface area (Å²) in [5.74, 6) is 1.01. The lowest BCUT2D eigenvalue weighted by Crippen LogP contribution is -2.46. The number of allylic oxidation sites excluding steroid dienone is 9. The standard InChI is InChI=1S/C32H46N4O4S/c1-2-9-27(11-7-17-33-31(37)34-22-24-39-25-23-34)28-10-6-12-30-29(26-28)13-15-32(40-30)14-8-20-36(21-16-32)41(38)35-18-4-3-5-19-35/h2,7,9-12,26H,1,3-6,8,13-25H2,(H,33,37)/b11-7-,27-9+. The summed E-state index contributed by atoms with van der Waals surface area (Å²) in [7, 11) is 0. The van der Waals surface area contributed by atoms with Crippen molar-refractivity contribution in [3.8, 4) is 0 Å². The first-order valence-corrected chi connectivity index (χ1v) is 16.5. The number of hydrogen-bond donors (Lipinski definition) is 1. The SMILES string of the molecule is C=C/C=C(\C=C/CNC(=O)N1CCOCC1)C1=CCC=C2OC3(CCCN(S(=O)N4CCCCC4)CC3)CCC2=C1. The third kappa shape index (κ3) is 7.89. The largest absolute Gasteiger partial charge is 0.487 e. The molecule has 1 N–H and O–H groups in total. The fourth-order valence-corrected chi connectivity index (χ4v) is 7.74. The van der Waals surface area contributed by atoms with E-state index in [9.17, 15) is 9.00 Å². The Hall–Kier alpha value is -2.46. The number of ether oxygens (including phenoxy) is 2. The number of carbonyl (C=O) groups is 1. The number of urea groups is 1. The second-order valence-corrected chi connectivity index (χ2v) is 13.0. The van der Waals surface area contributed by atoms with E-state index >= 15 is 0 Å². The van der Waals surface area contributed by atoms with Crippen LogP contribution in [0.2, 0.25) is 0 Å². The molecule has 1 aliphatic carbocycles. The molecular formula is C32H46N4O4S. The molecule has 0 aromatic heterocycles. The van der Waals surface area contributed by atoms with Crippen LogP contribution in [0.5, 0.6) is 0 Å². The highest BCUT2D eigenvalue weighted by Crippen LogP contribution is 2.43. The van der Waals surface area contributed by atoms with Gasteiger partial charge in [-0.05, 0) is 73.8 Å². The second-order valence-electron chi connectivity index (χ2n) is 11.5. The van der Waals surface area contributed by atoms with Crippen LogP contribution in [0.4, 0.5) is 4.79 Å². The van der Waals surface area contributed by atoms with Gasteiger partial charge in [0.2, 0.25) is 0 Å². The molecule has 5 rings (SSSR count). The molecule has 8 nitrogen and oxygen atoms in total. The maximum atomic E-state index is 13.3. The number of nitrogens with one attached hydrogen (secondary N) is 1. The highest BCUT2D eigenvalue weighted by atomic mass is 32.2. The van der Waals surface area contributed by atoms with E-state index in [1.807, 2.05) is 18.2 Å². The van der Waals surface area contributed by atoms with Crippen molar-refractivity contribution in [3.63, 3.8) is 0 Å². The molecule has 4 aliphatic heterocycles. The van der Waals surface area contributed by atoms with Crippen LogP contribution >= 0.6 is 0 Å². The van der Waals surface area contributed by atoms with Crippen LogP contribution in [0.1, 0.15) is 57.8 Å². The van der Waals surface area contributed by atoms with Crippen molar-refractivity contribution < 1.29 is 18.5 Å². The normalized spacial score (nSPS) is 27.6. The Morgan fingerprint density at radius 2 is 1.78 bits per heavy atom. The van der Waals surface area contributed by atoms with Gasteiger partial charge in [0.05, 0.1) is 13.2 Å². The Labute approximate surface area is 248 Å². The number of amides is 2. The lowest BCUT2D eigenvalue weighted by atomic mass is 9.84. The van der Waals surface area contributed by atoms with Crippen molar-refractivity contribution in [2.24, 2.45) is 0 Å². The number of hydrogen-bond acceptors (Lipinski definition) is 4. The number of rotatable bonds is 7. The fourth-order valence-electron chi connectivity index (χ4n) is 6.31. The Balaban J connectivity index is 1.17. The quantitative estimate of drug-likeness (QED) is 0.432. The first kappa shape index (κ1) is 30.0. The maximum Gasteiger partial charge on any atom is 0.317 e. The first-order valence-electron chi connectivity index (χ1n) is 15.4. The summed E-state index contributed by atoms with van der Waals surface area (Å²) < 4.78 is 29.7.